The Morgan fingerprint density at radius 1 is 0.900 bits per heavy atom. The van der Waals surface area contributed by atoms with E-state index >= 15 is 0 Å². The third kappa shape index (κ3) is 5.64. The predicted octanol–water partition coefficient (Wildman–Crippen LogP) is 5.12. The minimum atomic E-state index is -0.768. The highest BCUT2D eigenvalue weighted by Gasteiger charge is 2.26. The lowest BCUT2D eigenvalue weighted by atomic mass is 9.99. The highest BCUT2D eigenvalue weighted by Crippen LogP contribution is 2.29. The second kappa shape index (κ2) is 11.6. The first-order valence-corrected chi connectivity index (χ1v) is 13.9. The van der Waals surface area contributed by atoms with Crippen LogP contribution in [0.25, 0.3) is 16.6 Å². The van der Waals surface area contributed by atoms with E-state index in [4.69, 9.17) is 4.74 Å². The van der Waals surface area contributed by atoms with Crippen LogP contribution in [-0.2, 0) is 9.53 Å². The first-order chi connectivity index (χ1) is 19.5. The molecule has 2 fully saturated rings. The van der Waals surface area contributed by atoms with Gasteiger partial charge >= 0.3 is 0 Å². The van der Waals surface area contributed by atoms with E-state index in [0.717, 1.165) is 75.9 Å². The standard InChI is InChI=1S/C32H33FN4O3/c33-25-6-9-28-20-29(24-4-2-1-3-5-24)30(37(28)22-25)31(38)32(39)34-26-7-10-27(11-8-26)36-16-14-35(15-17-36)21-23-12-18-40-19-13-23/h1-11,20,22-23H,12-19,21H2,(H,34,39). The number of benzene rings is 2. The number of ether oxygens (including phenoxy) is 1. The molecule has 1 amide bonds. The van der Waals surface area contributed by atoms with Gasteiger partial charge in [0.2, 0.25) is 0 Å². The fourth-order valence-electron chi connectivity index (χ4n) is 5.75. The highest BCUT2D eigenvalue weighted by molar-refractivity contribution is 6.47. The monoisotopic (exact) mass is 540 g/mol. The van der Waals surface area contributed by atoms with Gasteiger partial charge < -0.3 is 19.4 Å². The maximum atomic E-state index is 14.1. The Bertz CT molecular complexity index is 1490. The molecular formula is C32H33FN4O3. The summed E-state index contributed by atoms with van der Waals surface area (Å²) in [5.41, 5.74) is 3.75. The molecule has 0 aliphatic carbocycles. The second-order valence-corrected chi connectivity index (χ2v) is 10.6. The van der Waals surface area contributed by atoms with E-state index in [2.05, 4.69) is 15.1 Å². The predicted molar refractivity (Wildman–Crippen MR) is 154 cm³/mol. The summed E-state index contributed by atoms with van der Waals surface area (Å²) in [4.78, 5) is 31.5. The summed E-state index contributed by atoms with van der Waals surface area (Å²) in [5, 5.41) is 2.74. The molecule has 8 heteroatoms. The van der Waals surface area contributed by atoms with E-state index in [1.54, 1.807) is 12.1 Å². The van der Waals surface area contributed by atoms with Crippen molar-refractivity contribution in [3.05, 3.63) is 90.5 Å². The second-order valence-electron chi connectivity index (χ2n) is 10.6. The van der Waals surface area contributed by atoms with Crippen LogP contribution in [0.3, 0.4) is 0 Å². The first-order valence-electron chi connectivity index (χ1n) is 13.9. The summed E-state index contributed by atoms with van der Waals surface area (Å²) in [6.45, 7) is 6.87. The van der Waals surface area contributed by atoms with Gasteiger partial charge in [0.05, 0.1) is 0 Å². The molecule has 0 saturated carbocycles. The van der Waals surface area contributed by atoms with Crippen LogP contribution in [0.4, 0.5) is 15.8 Å². The Morgan fingerprint density at radius 3 is 2.35 bits per heavy atom. The lowest BCUT2D eigenvalue weighted by Gasteiger charge is -2.38. The van der Waals surface area contributed by atoms with Crippen LogP contribution in [0.15, 0.2) is 79.0 Å². The number of anilines is 2. The van der Waals surface area contributed by atoms with Gasteiger partial charge in [0, 0.05) is 74.6 Å². The molecular weight excluding hydrogens is 507 g/mol. The molecule has 0 atom stereocenters. The van der Waals surface area contributed by atoms with Crippen molar-refractivity contribution in [2.75, 3.05) is 56.2 Å². The molecule has 0 spiro atoms. The van der Waals surface area contributed by atoms with E-state index < -0.39 is 17.5 Å². The zero-order valence-electron chi connectivity index (χ0n) is 22.4. The Morgan fingerprint density at radius 2 is 1.62 bits per heavy atom. The fraction of sp³-hybridized carbons (Fsp3) is 0.312. The molecule has 6 rings (SSSR count). The minimum absolute atomic E-state index is 0.133. The number of nitrogens with zero attached hydrogens (tertiary/aromatic N) is 3. The molecule has 40 heavy (non-hydrogen) atoms. The van der Waals surface area contributed by atoms with Crippen LogP contribution in [0.2, 0.25) is 0 Å². The van der Waals surface area contributed by atoms with Crippen molar-refractivity contribution in [1.82, 2.24) is 9.30 Å². The minimum Gasteiger partial charge on any atom is -0.381 e. The number of halogens is 1. The maximum absolute atomic E-state index is 14.1. The molecule has 4 aromatic rings. The lowest BCUT2D eigenvalue weighted by molar-refractivity contribution is -0.112. The Labute approximate surface area is 233 Å². The van der Waals surface area contributed by atoms with E-state index in [1.165, 1.54) is 16.7 Å². The average molecular weight is 541 g/mol. The quantitative estimate of drug-likeness (QED) is 0.261. The third-order valence-corrected chi connectivity index (χ3v) is 7.96. The maximum Gasteiger partial charge on any atom is 0.298 e. The van der Waals surface area contributed by atoms with E-state index in [1.807, 2.05) is 54.6 Å². The lowest BCUT2D eigenvalue weighted by Crippen LogP contribution is -2.48. The summed E-state index contributed by atoms with van der Waals surface area (Å²) in [7, 11) is 0. The summed E-state index contributed by atoms with van der Waals surface area (Å²) < 4.78 is 21.1. The SMILES string of the molecule is O=C(Nc1ccc(N2CCN(CC3CCOCC3)CC2)cc1)C(=O)c1c(-c2ccccc2)cc2ccc(F)cn12. The van der Waals surface area contributed by atoms with Gasteiger partial charge in [-0.2, -0.15) is 0 Å². The van der Waals surface area contributed by atoms with E-state index in [9.17, 15) is 14.0 Å². The number of rotatable bonds is 7. The summed E-state index contributed by atoms with van der Waals surface area (Å²) in [6, 6.07) is 21.7. The van der Waals surface area contributed by atoms with Gasteiger partial charge in [-0.25, -0.2) is 4.39 Å². The molecule has 2 aliphatic heterocycles. The average Bonchev–Trinajstić information content (AvgIpc) is 3.37. The molecule has 206 valence electrons. The number of Topliss-reactive ketones (excluding diaryl/α,β-unsaturated/α-hetero) is 1. The van der Waals surface area contributed by atoms with Crippen LogP contribution in [0.1, 0.15) is 23.3 Å². The van der Waals surface area contributed by atoms with E-state index in [0.29, 0.717) is 16.8 Å². The topological polar surface area (TPSA) is 66.3 Å². The molecule has 2 aliphatic rings. The Hall–Kier alpha value is -4.01. The van der Waals surface area contributed by atoms with Crippen molar-refractivity contribution in [2.45, 2.75) is 12.8 Å². The molecule has 4 heterocycles. The van der Waals surface area contributed by atoms with Crippen LogP contribution in [-0.4, -0.2) is 66.9 Å². The molecule has 2 aromatic carbocycles. The highest BCUT2D eigenvalue weighted by atomic mass is 19.1. The van der Waals surface area contributed by atoms with Gasteiger partial charge in [-0.15, -0.1) is 0 Å². The van der Waals surface area contributed by atoms with Gasteiger partial charge in [-0.3, -0.25) is 14.5 Å². The number of pyridine rings is 1. The number of hydrogen-bond donors (Lipinski definition) is 1. The molecule has 7 nitrogen and oxygen atoms in total. The van der Waals surface area contributed by atoms with Crippen molar-refractivity contribution in [1.29, 1.82) is 0 Å². The van der Waals surface area contributed by atoms with Crippen LogP contribution >= 0.6 is 0 Å². The number of aromatic nitrogens is 1. The van der Waals surface area contributed by atoms with Gasteiger partial charge in [0.25, 0.3) is 11.7 Å². The van der Waals surface area contributed by atoms with Gasteiger partial charge in [0.1, 0.15) is 11.5 Å². The normalized spacial score (nSPS) is 16.8. The Kier molecular flexibility index (Phi) is 7.62. The third-order valence-electron chi connectivity index (χ3n) is 7.96. The number of fused-ring (bicyclic) bond motifs is 1. The number of carbonyl (C=O) groups is 2. The van der Waals surface area contributed by atoms with Crippen molar-refractivity contribution >= 4 is 28.6 Å². The van der Waals surface area contributed by atoms with Crippen LogP contribution < -0.4 is 10.2 Å². The van der Waals surface area contributed by atoms with Gasteiger partial charge in [-0.05, 0) is 66.8 Å². The molecule has 0 radical (unpaired) electrons. The largest absolute Gasteiger partial charge is 0.381 e. The van der Waals surface area contributed by atoms with Crippen molar-refractivity contribution in [3.63, 3.8) is 0 Å². The Balaban J connectivity index is 1.12. The van der Waals surface area contributed by atoms with Crippen molar-refractivity contribution in [3.8, 4) is 11.1 Å². The molecule has 2 aromatic heterocycles. The zero-order valence-corrected chi connectivity index (χ0v) is 22.4. The summed E-state index contributed by atoms with van der Waals surface area (Å²) in [5.74, 6) is -1.25. The zero-order chi connectivity index (χ0) is 27.5. The number of ketones is 1. The number of hydrogen-bond acceptors (Lipinski definition) is 5. The fourth-order valence-corrected chi connectivity index (χ4v) is 5.75. The molecule has 0 bridgehead atoms. The molecule has 2 saturated heterocycles. The number of nitrogens with one attached hydrogen (secondary N) is 1. The van der Waals surface area contributed by atoms with Crippen LogP contribution in [0, 0.1) is 11.7 Å². The number of piperazine rings is 1. The molecule has 0 unspecified atom stereocenters. The van der Waals surface area contributed by atoms with Gasteiger partial charge in [0.15, 0.2) is 0 Å². The first kappa shape index (κ1) is 26.2. The number of amides is 1. The number of carbonyl (C=O) groups excluding carboxylic acids is 2. The van der Waals surface area contributed by atoms with Crippen molar-refractivity contribution < 1.29 is 18.7 Å². The smallest absolute Gasteiger partial charge is 0.298 e. The van der Waals surface area contributed by atoms with Crippen molar-refractivity contribution in [2.24, 2.45) is 5.92 Å². The summed E-state index contributed by atoms with van der Waals surface area (Å²) >= 11 is 0. The van der Waals surface area contributed by atoms with E-state index in [-0.39, 0.29) is 5.69 Å². The van der Waals surface area contributed by atoms with Crippen LogP contribution in [0.5, 0.6) is 0 Å². The van der Waals surface area contributed by atoms with Gasteiger partial charge in [-0.1, -0.05) is 30.3 Å². The summed E-state index contributed by atoms with van der Waals surface area (Å²) in [6.07, 6.45) is 3.54. The molecule has 1 N–H and O–H groups in total.